The van der Waals surface area contributed by atoms with Crippen LogP contribution in [0.3, 0.4) is 0 Å². The number of hydrogen-bond donors (Lipinski definition) is 1. The summed E-state index contributed by atoms with van der Waals surface area (Å²) in [6.07, 6.45) is 14.6. The number of carbonyl (C=O) groups is 1. The summed E-state index contributed by atoms with van der Waals surface area (Å²) in [5, 5.41) is 9.90. The van der Waals surface area contributed by atoms with Crippen molar-refractivity contribution in [2.75, 3.05) is 13.2 Å². The van der Waals surface area contributed by atoms with Gasteiger partial charge in [-0.05, 0) is 93.2 Å². The van der Waals surface area contributed by atoms with Gasteiger partial charge in [-0.3, -0.25) is 0 Å². The first-order valence-electron chi connectivity index (χ1n) is 13.4. The van der Waals surface area contributed by atoms with Crippen LogP contribution >= 0.6 is 0 Å². The number of rotatable bonds is 14. The Labute approximate surface area is 203 Å². The Balaban J connectivity index is 1.83. The number of esters is 1. The predicted molar refractivity (Wildman–Crippen MR) is 139 cm³/mol. The normalized spacial score (nSPS) is 20.3. The Hall–Kier alpha value is -1.61. The van der Waals surface area contributed by atoms with Crippen molar-refractivity contribution in [2.24, 2.45) is 11.3 Å². The maximum Gasteiger partial charge on any atom is 0.333 e. The molecule has 1 aromatic rings. The zero-order valence-corrected chi connectivity index (χ0v) is 21.8. The second-order valence-corrected chi connectivity index (χ2v) is 10.8. The van der Waals surface area contributed by atoms with Gasteiger partial charge < -0.3 is 9.84 Å². The SMILES string of the molecule is C=C(C)C(=O)OCC(C)(CO)CCC1CCC(c2ccc(CCCCCC)c(CC)c2)CC1. The van der Waals surface area contributed by atoms with Crippen LogP contribution in [0.15, 0.2) is 30.4 Å². The number of benzene rings is 1. The van der Waals surface area contributed by atoms with Gasteiger partial charge in [0.2, 0.25) is 0 Å². The second kappa shape index (κ2) is 13.9. The summed E-state index contributed by atoms with van der Waals surface area (Å²) in [5.74, 6) is 1.02. The first-order chi connectivity index (χ1) is 15.8. The third-order valence-corrected chi connectivity index (χ3v) is 7.67. The van der Waals surface area contributed by atoms with E-state index in [2.05, 4.69) is 38.6 Å². The minimum atomic E-state index is -0.370. The number of ether oxygens (including phenoxy) is 1. The van der Waals surface area contributed by atoms with Gasteiger partial charge in [0.1, 0.15) is 0 Å². The molecule has 3 nitrogen and oxygen atoms in total. The van der Waals surface area contributed by atoms with E-state index in [1.165, 1.54) is 63.4 Å². The van der Waals surface area contributed by atoms with E-state index in [0.29, 0.717) is 17.4 Å². The minimum Gasteiger partial charge on any atom is -0.462 e. The van der Waals surface area contributed by atoms with Crippen molar-refractivity contribution >= 4 is 5.97 Å². The lowest BCUT2D eigenvalue weighted by Crippen LogP contribution is -2.30. The van der Waals surface area contributed by atoms with Crippen molar-refractivity contribution in [1.82, 2.24) is 0 Å². The van der Waals surface area contributed by atoms with Gasteiger partial charge in [0.05, 0.1) is 13.2 Å². The van der Waals surface area contributed by atoms with Crippen molar-refractivity contribution in [1.29, 1.82) is 0 Å². The van der Waals surface area contributed by atoms with Crippen LogP contribution in [0.4, 0.5) is 0 Å². The molecule has 0 bridgehead atoms. The first kappa shape index (κ1) is 27.6. The Bertz CT molecular complexity index is 745. The number of aliphatic hydroxyl groups is 1. The van der Waals surface area contributed by atoms with Gasteiger partial charge in [0, 0.05) is 11.0 Å². The lowest BCUT2D eigenvalue weighted by atomic mass is 9.74. The monoisotopic (exact) mass is 456 g/mol. The smallest absolute Gasteiger partial charge is 0.333 e. The molecule has 0 radical (unpaired) electrons. The minimum absolute atomic E-state index is 0.0381. The van der Waals surface area contributed by atoms with Crippen LogP contribution in [0.1, 0.15) is 115 Å². The fraction of sp³-hybridized carbons (Fsp3) is 0.700. The number of hydrogen-bond acceptors (Lipinski definition) is 3. The molecule has 33 heavy (non-hydrogen) atoms. The molecule has 1 aliphatic rings. The highest BCUT2D eigenvalue weighted by atomic mass is 16.5. The zero-order chi connectivity index (χ0) is 24.3. The standard InChI is InChI=1S/C30H48O3/c1-6-8-9-10-11-26-16-17-28(20-25(26)7-2)27-14-12-24(13-15-27)18-19-30(5,21-31)22-33-29(32)23(3)4/h16-17,20,24,27,31H,3,6-15,18-19,21-22H2,1-2,4-5H3. The molecule has 1 fully saturated rings. The molecule has 0 heterocycles. The van der Waals surface area contributed by atoms with Crippen molar-refractivity contribution in [3.8, 4) is 0 Å². The second-order valence-electron chi connectivity index (χ2n) is 10.8. The lowest BCUT2D eigenvalue weighted by molar-refractivity contribution is -0.143. The van der Waals surface area contributed by atoms with E-state index < -0.39 is 0 Å². The van der Waals surface area contributed by atoms with Gasteiger partial charge in [0.25, 0.3) is 0 Å². The van der Waals surface area contributed by atoms with E-state index in [1.807, 2.05) is 6.92 Å². The highest BCUT2D eigenvalue weighted by Crippen LogP contribution is 2.39. The van der Waals surface area contributed by atoms with Gasteiger partial charge in [0.15, 0.2) is 0 Å². The van der Waals surface area contributed by atoms with Crippen LogP contribution in [0.2, 0.25) is 0 Å². The molecule has 1 saturated carbocycles. The van der Waals surface area contributed by atoms with Crippen LogP contribution in [0.5, 0.6) is 0 Å². The van der Waals surface area contributed by atoms with Crippen LogP contribution in [-0.4, -0.2) is 24.3 Å². The molecule has 1 atom stereocenters. The van der Waals surface area contributed by atoms with Crippen molar-refractivity contribution in [2.45, 2.75) is 111 Å². The first-order valence-corrected chi connectivity index (χ1v) is 13.4. The molecule has 1 unspecified atom stereocenters. The highest BCUT2D eigenvalue weighted by Gasteiger charge is 2.29. The van der Waals surface area contributed by atoms with Gasteiger partial charge in [-0.1, -0.05) is 64.8 Å². The van der Waals surface area contributed by atoms with E-state index >= 15 is 0 Å². The van der Waals surface area contributed by atoms with Crippen LogP contribution in [0, 0.1) is 11.3 Å². The largest absolute Gasteiger partial charge is 0.462 e. The summed E-state index contributed by atoms with van der Waals surface area (Å²) < 4.78 is 5.34. The molecule has 0 spiro atoms. The molecule has 0 aromatic heterocycles. The van der Waals surface area contributed by atoms with Gasteiger partial charge >= 0.3 is 5.97 Å². The van der Waals surface area contributed by atoms with Crippen molar-refractivity contribution < 1.29 is 14.6 Å². The molecule has 186 valence electrons. The Morgan fingerprint density at radius 2 is 1.85 bits per heavy atom. The fourth-order valence-corrected chi connectivity index (χ4v) is 5.11. The number of unbranched alkanes of at least 4 members (excludes halogenated alkanes) is 3. The highest BCUT2D eigenvalue weighted by molar-refractivity contribution is 5.86. The molecule has 2 rings (SSSR count). The van der Waals surface area contributed by atoms with E-state index in [4.69, 9.17) is 4.74 Å². The molecule has 3 heteroatoms. The topological polar surface area (TPSA) is 46.5 Å². The van der Waals surface area contributed by atoms with Crippen LogP contribution < -0.4 is 0 Å². The van der Waals surface area contributed by atoms with Gasteiger partial charge in [-0.2, -0.15) is 0 Å². The van der Waals surface area contributed by atoms with Crippen molar-refractivity contribution in [3.63, 3.8) is 0 Å². The lowest BCUT2D eigenvalue weighted by Gasteiger charge is -2.33. The summed E-state index contributed by atoms with van der Waals surface area (Å²) in [6.45, 7) is 12.2. The summed E-state index contributed by atoms with van der Waals surface area (Å²) in [5.41, 5.74) is 4.68. The average Bonchev–Trinajstić information content (AvgIpc) is 2.84. The molecule has 0 amide bonds. The maximum absolute atomic E-state index is 11.7. The molecular formula is C30H48O3. The molecule has 1 aliphatic carbocycles. The van der Waals surface area contributed by atoms with Crippen LogP contribution in [-0.2, 0) is 22.4 Å². The van der Waals surface area contributed by atoms with E-state index in [1.54, 1.807) is 18.1 Å². The Morgan fingerprint density at radius 3 is 2.45 bits per heavy atom. The Morgan fingerprint density at radius 1 is 1.12 bits per heavy atom. The Kier molecular flexibility index (Phi) is 11.7. The number of aryl methyl sites for hydroxylation is 2. The fourth-order valence-electron chi connectivity index (χ4n) is 5.11. The summed E-state index contributed by atoms with van der Waals surface area (Å²) >= 11 is 0. The van der Waals surface area contributed by atoms with E-state index in [0.717, 1.165) is 19.3 Å². The zero-order valence-electron chi connectivity index (χ0n) is 21.8. The molecule has 1 aromatic carbocycles. The van der Waals surface area contributed by atoms with Crippen LogP contribution in [0.25, 0.3) is 0 Å². The summed E-state index contributed by atoms with van der Waals surface area (Å²) in [7, 11) is 0. The molecular weight excluding hydrogens is 408 g/mol. The summed E-state index contributed by atoms with van der Waals surface area (Å²) in [6, 6.07) is 7.31. The van der Waals surface area contributed by atoms with E-state index in [9.17, 15) is 9.90 Å². The average molecular weight is 457 g/mol. The molecule has 0 aliphatic heterocycles. The van der Waals surface area contributed by atoms with E-state index in [-0.39, 0.29) is 24.6 Å². The third-order valence-electron chi connectivity index (χ3n) is 7.67. The molecule has 0 saturated heterocycles. The molecule has 1 N–H and O–H groups in total. The predicted octanol–water partition coefficient (Wildman–Crippen LogP) is 7.54. The van der Waals surface area contributed by atoms with Gasteiger partial charge in [-0.25, -0.2) is 4.79 Å². The third kappa shape index (κ3) is 8.92. The quantitative estimate of drug-likeness (QED) is 0.179. The summed E-state index contributed by atoms with van der Waals surface area (Å²) in [4.78, 5) is 11.7. The van der Waals surface area contributed by atoms with Gasteiger partial charge in [-0.15, -0.1) is 0 Å². The van der Waals surface area contributed by atoms with Crippen molar-refractivity contribution in [3.05, 3.63) is 47.0 Å². The number of aliphatic hydroxyl groups excluding tert-OH is 1. The number of carbonyl (C=O) groups excluding carboxylic acids is 1. The maximum atomic E-state index is 11.7.